The first-order chi connectivity index (χ1) is 6.66. The Morgan fingerprint density at radius 1 is 1.36 bits per heavy atom. The molecule has 0 radical (unpaired) electrons. The first-order valence-electron chi connectivity index (χ1n) is 4.38. The van der Waals surface area contributed by atoms with Gasteiger partial charge < -0.3 is 4.90 Å². The van der Waals surface area contributed by atoms with Crippen molar-refractivity contribution in [3.05, 3.63) is 35.1 Å². The van der Waals surface area contributed by atoms with Crippen LogP contribution in [-0.4, -0.2) is 17.6 Å². The zero-order chi connectivity index (χ0) is 10.1. The first-order valence-corrected chi connectivity index (χ1v) is 4.38. The Morgan fingerprint density at radius 3 is 2.86 bits per heavy atom. The van der Waals surface area contributed by atoms with Gasteiger partial charge in [0.2, 0.25) is 0 Å². The number of rotatable bonds is 0. The molecule has 0 saturated carbocycles. The molecule has 0 unspecified atom stereocenters. The predicted octanol–water partition coefficient (Wildman–Crippen LogP) is 2.27. The van der Waals surface area contributed by atoms with Gasteiger partial charge in [-0.05, 0) is 29.7 Å². The number of hydrogen-bond acceptors (Lipinski definition) is 1. The van der Waals surface area contributed by atoms with Crippen molar-refractivity contribution in [2.45, 2.75) is 13.0 Å². The van der Waals surface area contributed by atoms with Crippen molar-refractivity contribution in [2.24, 2.45) is 0 Å². The Morgan fingerprint density at radius 2 is 2.14 bits per heavy atom. The van der Waals surface area contributed by atoms with E-state index in [-0.39, 0.29) is 12.4 Å². The number of amides is 1. The van der Waals surface area contributed by atoms with Crippen molar-refractivity contribution in [3.8, 4) is 0 Å². The number of hydrogen-bond donors (Lipinski definition) is 0. The van der Waals surface area contributed by atoms with Crippen LogP contribution in [0.15, 0.2) is 18.2 Å². The number of carbonyl (C=O) groups excluding carboxylic acids is 1. The lowest BCUT2D eigenvalue weighted by Crippen LogP contribution is -2.32. The molecule has 0 spiro atoms. The molecule has 0 atom stereocenters. The highest BCUT2D eigenvalue weighted by Gasteiger charge is 2.20. The van der Waals surface area contributed by atoms with Gasteiger partial charge in [-0.1, -0.05) is 6.07 Å². The first kappa shape index (κ1) is 9.12. The van der Waals surface area contributed by atoms with Crippen LogP contribution in [0.5, 0.6) is 0 Å². The summed E-state index contributed by atoms with van der Waals surface area (Å²) in [6.45, 7) is 0.566. The average Bonchev–Trinajstić information content (AvgIpc) is 2.16. The van der Waals surface area contributed by atoms with Crippen LogP contribution in [0.4, 0.5) is 13.6 Å². The van der Waals surface area contributed by atoms with E-state index in [9.17, 15) is 13.6 Å². The summed E-state index contributed by atoms with van der Waals surface area (Å²) in [5, 5.41) is 0. The van der Waals surface area contributed by atoms with Gasteiger partial charge in [0.25, 0.3) is 0 Å². The lowest BCUT2D eigenvalue weighted by molar-refractivity contribution is 0.169. The van der Waals surface area contributed by atoms with Crippen molar-refractivity contribution in [1.82, 2.24) is 4.90 Å². The number of halogens is 2. The molecule has 0 saturated heterocycles. The number of fused-ring (bicyclic) bond motifs is 1. The fourth-order valence-corrected chi connectivity index (χ4v) is 1.67. The van der Waals surface area contributed by atoms with E-state index in [0.29, 0.717) is 13.0 Å². The normalized spacial score (nSPS) is 15.1. The molecule has 1 aliphatic rings. The maximum atomic E-state index is 12.8. The minimum Gasteiger partial charge on any atom is -0.310 e. The fraction of sp³-hybridized carbons (Fsp3) is 0.300. The van der Waals surface area contributed by atoms with E-state index in [0.717, 1.165) is 16.0 Å². The highest BCUT2D eigenvalue weighted by Crippen LogP contribution is 2.20. The number of carbonyl (C=O) groups is 1. The molecule has 1 amide bonds. The highest BCUT2D eigenvalue weighted by atomic mass is 19.1. The lowest BCUT2D eigenvalue weighted by atomic mass is 10.0. The molecule has 14 heavy (non-hydrogen) atoms. The Labute approximate surface area is 80.1 Å². The molecule has 1 aromatic rings. The average molecular weight is 197 g/mol. The van der Waals surface area contributed by atoms with Gasteiger partial charge >= 0.3 is 6.16 Å². The summed E-state index contributed by atoms with van der Waals surface area (Å²) in [7, 11) is 0. The van der Waals surface area contributed by atoms with E-state index in [1.54, 1.807) is 6.07 Å². The van der Waals surface area contributed by atoms with Crippen LogP contribution >= 0.6 is 0 Å². The summed E-state index contributed by atoms with van der Waals surface area (Å²) in [6, 6.07) is 4.36. The zero-order valence-electron chi connectivity index (χ0n) is 7.46. The van der Waals surface area contributed by atoms with E-state index in [2.05, 4.69) is 0 Å². The maximum Gasteiger partial charge on any atom is 0.400 e. The van der Waals surface area contributed by atoms with Gasteiger partial charge in [-0.3, -0.25) is 0 Å². The van der Waals surface area contributed by atoms with Crippen molar-refractivity contribution >= 4 is 6.16 Å². The molecule has 2 rings (SSSR count). The Hall–Kier alpha value is -1.45. The minimum absolute atomic E-state index is 0.241. The number of benzene rings is 1. The molecule has 4 heteroatoms. The molecule has 1 heterocycles. The topological polar surface area (TPSA) is 20.3 Å². The third-order valence-electron chi connectivity index (χ3n) is 2.43. The standard InChI is InChI=1S/C10H9F2NO/c11-9-2-1-8-6-13(10(12)14)4-3-7(8)5-9/h1-2,5H,3-4,6H2. The summed E-state index contributed by atoms with van der Waals surface area (Å²) in [5.74, 6) is -0.288. The second kappa shape index (κ2) is 3.36. The summed E-state index contributed by atoms with van der Waals surface area (Å²) in [4.78, 5) is 11.6. The van der Waals surface area contributed by atoms with Crippen molar-refractivity contribution in [2.75, 3.05) is 6.54 Å². The SMILES string of the molecule is O=C(F)N1CCc2cc(F)ccc2C1. The molecule has 1 aliphatic heterocycles. The van der Waals surface area contributed by atoms with Gasteiger partial charge in [0.1, 0.15) is 5.82 Å². The van der Waals surface area contributed by atoms with Gasteiger partial charge in [-0.25, -0.2) is 9.18 Å². The van der Waals surface area contributed by atoms with Crippen molar-refractivity contribution in [1.29, 1.82) is 0 Å². The van der Waals surface area contributed by atoms with Crippen LogP contribution in [0.2, 0.25) is 0 Å². The molecule has 0 aromatic heterocycles. The van der Waals surface area contributed by atoms with Gasteiger partial charge in [-0.15, -0.1) is 4.39 Å². The summed E-state index contributed by atoms with van der Waals surface area (Å²) >= 11 is 0. The molecule has 0 aliphatic carbocycles. The largest absolute Gasteiger partial charge is 0.400 e. The van der Waals surface area contributed by atoms with Crippen molar-refractivity contribution < 1.29 is 13.6 Å². The second-order valence-electron chi connectivity index (χ2n) is 3.34. The maximum absolute atomic E-state index is 12.8. The minimum atomic E-state index is -1.42. The quantitative estimate of drug-likeness (QED) is 0.461. The molecule has 0 fully saturated rings. The van der Waals surface area contributed by atoms with Gasteiger partial charge in [0.15, 0.2) is 0 Å². The monoisotopic (exact) mass is 197 g/mol. The van der Waals surface area contributed by atoms with Gasteiger partial charge in [-0.2, -0.15) is 0 Å². The summed E-state index contributed by atoms with van der Waals surface area (Å²) < 4.78 is 25.2. The Kier molecular flexibility index (Phi) is 2.19. The second-order valence-corrected chi connectivity index (χ2v) is 3.34. The highest BCUT2D eigenvalue weighted by molar-refractivity contribution is 5.66. The smallest absolute Gasteiger partial charge is 0.310 e. The van der Waals surface area contributed by atoms with E-state index < -0.39 is 6.16 Å². The van der Waals surface area contributed by atoms with E-state index in [4.69, 9.17) is 0 Å². The van der Waals surface area contributed by atoms with Crippen LogP contribution in [0.1, 0.15) is 11.1 Å². The number of nitrogens with zero attached hydrogens (tertiary/aromatic N) is 1. The van der Waals surface area contributed by atoms with E-state index >= 15 is 0 Å². The molecule has 74 valence electrons. The van der Waals surface area contributed by atoms with Crippen LogP contribution in [-0.2, 0) is 13.0 Å². The lowest BCUT2D eigenvalue weighted by Gasteiger charge is -2.25. The summed E-state index contributed by atoms with van der Waals surface area (Å²) in [5.41, 5.74) is 1.69. The van der Waals surface area contributed by atoms with Crippen LogP contribution < -0.4 is 0 Å². The van der Waals surface area contributed by atoms with E-state index in [1.165, 1.54) is 12.1 Å². The van der Waals surface area contributed by atoms with E-state index in [1.807, 2.05) is 0 Å². The molecule has 1 aromatic carbocycles. The summed E-state index contributed by atoms with van der Waals surface area (Å²) in [6.07, 6.45) is -0.900. The fourth-order valence-electron chi connectivity index (χ4n) is 1.67. The van der Waals surface area contributed by atoms with Gasteiger partial charge in [0, 0.05) is 13.1 Å². The molecule has 2 nitrogen and oxygen atoms in total. The third kappa shape index (κ3) is 1.60. The molecular formula is C10H9F2NO. The van der Waals surface area contributed by atoms with Gasteiger partial charge in [0.05, 0.1) is 0 Å². The Bertz CT molecular complexity index is 378. The molecular weight excluding hydrogens is 188 g/mol. The third-order valence-corrected chi connectivity index (χ3v) is 2.43. The van der Waals surface area contributed by atoms with Crippen LogP contribution in [0.25, 0.3) is 0 Å². The van der Waals surface area contributed by atoms with Crippen molar-refractivity contribution in [3.63, 3.8) is 0 Å². The Balaban J connectivity index is 2.27. The molecule has 0 N–H and O–H groups in total. The molecule has 0 bridgehead atoms. The van der Waals surface area contributed by atoms with Crippen LogP contribution in [0, 0.1) is 5.82 Å². The van der Waals surface area contributed by atoms with Crippen LogP contribution in [0.3, 0.4) is 0 Å². The predicted molar refractivity (Wildman–Crippen MR) is 47.0 cm³/mol. The zero-order valence-corrected chi connectivity index (χ0v) is 7.46.